The summed E-state index contributed by atoms with van der Waals surface area (Å²) in [6, 6.07) is 18.2. The van der Waals surface area contributed by atoms with E-state index in [2.05, 4.69) is 24.7 Å². The molecule has 3 N–H and O–H groups in total. The highest BCUT2D eigenvalue weighted by molar-refractivity contribution is 7.92. The SMILES string of the molecule is CN(C)c1nc(Nc2ccc(NS(=O)(=O)c3ccccc3OC(F)(F)F)cc2)nc2ccccc12.O=C(O)C(F)(F)F. The molecule has 4 rings (SSSR count). The minimum atomic E-state index is -5.08. The number of carbonyl (C=O) groups is 1. The third-order valence-corrected chi connectivity index (χ3v) is 6.43. The highest BCUT2D eigenvalue weighted by Crippen LogP contribution is 2.31. The fourth-order valence-electron chi connectivity index (χ4n) is 3.30. The number of sulfonamides is 1. The first kappa shape index (κ1) is 31.7. The quantitative estimate of drug-likeness (QED) is 0.221. The van der Waals surface area contributed by atoms with Crippen molar-refractivity contribution in [3.05, 3.63) is 72.8 Å². The zero-order valence-electron chi connectivity index (χ0n) is 21.5. The van der Waals surface area contributed by atoms with Gasteiger partial charge >= 0.3 is 18.5 Å². The van der Waals surface area contributed by atoms with Gasteiger partial charge in [0.05, 0.1) is 5.52 Å². The molecule has 0 atom stereocenters. The number of nitrogens with zero attached hydrogens (tertiary/aromatic N) is 3. The van der Waals surface area contributed by atoms with Gasteiger partial charge < -0.3 is 20.1 Å². The van der Waals surface area contributed by atoms with E-state index < -0.39 is 39.2 Å². The van der Waals surface area contributed by atoms with E-state index in [-0.39, 0.29) is 5.69 Å². The third-order valence-electron chi connectivity index (χ3n) is 5.01. The summed E-state index contributed by atoms with van der Waals surface area (Å²) in [5.41, 5.74) is 1.47. The first-order valence-corrected chi connectivity index (χ1v) is 12.9. The van der Waals surface area contributed by atoms with Gasteiger partial charge in [0.25, 0.3) is 10.0 Å². The Kier molecular flexibility index (Phi) is 9.35. The van der Waals surface area contributed by atoms with Crippen LogP contribution in [0.3, 0.4) is 0 Å². The fourth-order valence-corrected chi connectivity index (χ4v) is 4.49. The van der Waals surface area contributed by atoms with Crippen molar-refractivity contribution in [3.8, 4) is 5.75 Å². The van der Waals surface area contributed by atoms with E-state index in [1.54, 1.807) is 12.1 Å². The molecule has 224 valence electrons. The molecule has 0 bridgehead atoms. The van der Waals surface area contributed by atoms with Gasteiger partial charge in [-0.25, -0.2) is 18.2 Å². The molecule has 0 amide bonds. The van der Waals surface area contributed by atoms with Crippen molar-refractivity contribution in [2.45, 2.75) is 17.4 Å². The van der Waals surface area contributed by atoms with Crippen molar-refractivity contribution < 1.29 is 49.4 Å². The van der Waals surface area contributed by atoms with Crippen molar-refractivity contribution in [2.75, 3.05) is 29.0 Å². The largest absolute Gasteiger partial charge is 0.573 e. The van der Waals surface area contributed by atoms with Gasteiger partial charge in [0.2, 0.25) is 5.95 Å². The lowest BCUT2D eigenvalue weighted by molar-refractivity contribution is -0.275. The van der Waals surface area contributed by atoms with Gasteiger partial charge in [0.1, 0.15) is 16.5 Å². The number of fused-ring (bicyclic) bond motifs is 1. The minimum Gasteiger partial charge on any atom is -0.475 e. The first-order valence-electron chi connectivity index (χ1n) is 11.4. The lowest BCUT2D eigenvalue weighted by Crippen LogP contribution is -2.21. The molecule has 4 aromatic rings. The average molecular weight is 618 g/mol. The number of alkyl halides is 6. The van der Waals surface area contributed by atoms with E-state index in [0.29, 0.717) is 11.6 Å². The van der Waals surface area contributed by atoms with Crippen molar-refractivity contribution >= 4 is 50.0 Å². The molecule has 10 nitrogen and oxygen atoms in total. The van der Waals surface area contributed by atoms with Crippen LogP contribution in [0.15, 0.2) is 77.7 Å². The second-order valence-electron chi connectivity index (χ2n) is 8.39. The first-order chi connectivity index (χ1) is 19.5. The van der Waals surface area contributed by atoms with Crippen LogP contribution in [0.25, 0.3) is 10.9 Å². The molecule has 0 aliphatic heterocycles. The van der Waals surface area contributed by atoms with Gasteiger partial charge in [-0.1, -0.05) is 24.3 Å². The molecule has 3 aromatic carbocycles. The van der Waals surface area contributed by atoms with Crippen molar-refractivity contribution in [1.29, 1.82) is 0 Å². The van der Waals surface area contributed by atoms with E-state index >= 15 is 0 Å². The predicted octanol–water partition coefficient (Wildman–Crippen LogP) is 5.77. The Morgan fingerprint density at radius 2 is 1.40 bits per heavy atom. The molecular weight excluding hydrogens is 596 g/mol. The molecule has 1 aromatic heterocycles. The number of carboxylic acids is 1. The number of anilines is 4. The van der Waals surface area contributed by atoms with Gasteiger partial charge in [0, 0.05) is 30.9 Å². The summed E-state index contributed by atoms with van der Waals surface area (Å²) in [6.45, 7) is 0. The predicted molar refractivity (Wildman–Crippen MR) is 141 cm³/mol. The number of nitrogens with one attached hydrogen (secondary N) is 2. The molecule has 0 spiro atoms. The standard InChI is InChI=1S/C23H20F3N5O3S.C2HF3O2/c1-31(2)21-17-7-3-4-8-18(17)28-22(29-21)27-15-11-13-16(14-12-15)30-35(32,33)20-10-6-5-9-19(20)34-23(24,25)26;3-2(4,5)1(6)7/h3-14,30H,1-2H3,(H,27,28,29);(H,6,7). The van der Waals surface area contributed by atoms with Gasteiger partial charge in [-0.15, -0.1) is 13.2 Å². The maximum atomic E-state index is 12.7. The van der Waals surface area contributed by atoms with E-state index in [0.717, 1.165) is 28.9 Å². The van der Waals surface area contributed by atoms with E-state index in [9.17, 15) is 34.8 Å². The molecule has 42 heavy (non-hydrogen) atoms. The Hall–Kier alpha value is -4.80. The van der Waals surface area contributed by atoms with Crippen molar-refractivity contribution in [3.63, 3.8) is 0 Å². The summed E-state index contributed by atoms with van der Waals surface area (Å²) in [5, 5.41) is 11.1. The number of carboxylic acid groups (broad SMARTS) is 1. The average Bonchev–Trinajstić information content (AvgIpc) is 2.88. The van der Waals surface area contributed by atoms with Crippen LogP contribution in [-0.2, 0) is 14.8 Å². The normalized spacial score (nSPS) is 11.7. The summed E-state index contributed by atoms with van der Waals surface area (Å²) in [6.07, 6.45) is -10.1. The summed E-state index contributed by atoms with van der Waals surface area (Å²) in [5.74, 6) is -2.51. The van der Waals surface area contributed by atoms with Gasteiger partial charge in [0.15, 0.2) is 0 Å². The number of hydrogen-bond donors (Lipinski definition) is 3. The van der Waals surface area contributed by atoms with Crippen LogP contribution in [-0.4, -0.2) is 56.1 Å². The molecule has 0 aliphatic rings. The van der Waals surface area contributed by atoms with Crippen molar-refractivity contribution in [2.24, 2.45) is 0 Å². The van der Waals surface area contributed by atoms with Crippen molar-refractivity contribution in [1.82, 2.24) is 9.97 Å². The topological polar surface area (TPSA) is 134 Å². The summed E-state index contributed by atoms with van der Waals surface area (Å²) < 4.78 is 101. The summed E-state index contributed by atoms with van der Waals surface area (Å²) >= 11 is 0. The molecular formula is C25H21F6N5O5S. The molecule has 0 saturated carbocycles. The van der Waals surface area contributed by atoms with Gasteiger partial charge in [-0.3, -0.25) is 4.72 Å². The van der Waals surface area contributed by atoms with Crippen LogP contribution in [0.4, 0.5) is 49.5 Å². The Morgan fingerprint density at radius 1 is 0.857 bits per heavy atom. The number of ether oxygens (including phenoxy) is 1. The van der Waals surface area contributed by atoms with E-state index in [1.807, 2.05) is 43.3 Å². The number of para-hydroxylation sites is 2. The van der Waals surface area contributed by atoms with Gasteiger partial charge in [-0.2, -0.15) is 18.2 Å². The Bertz CT molecular complexity index is 1660. The molecule has 0 unspecified atom stereocenters. The van der Waals surface area contributed by atoms with Crippen LogP contribution in [0.2, 0.25) is 0 Å². The van der Waals surface area contributed by atoms with Crippen LogP contribution in [0, 0.1) is 0 Å². The maximum absolute atomic E-state index is 12.7. The monoisotopic (exact) mass is 617 g/mol. The highest BCUT2D eigenvalue weighted by Gasteiger charge is 2.38. The lowest BCUT2D eigenvalue weighted by atomic mass is 10.2. The zero-order chi connectivity index (χ0) is 31.3. The van der Waals surface area contributed by atoms with Crippen LogP contribution >= 0.6 is 0 Å². The zero-order valence-corrected chi connectivity index (χ0v) is 22.3. The number of aliphatic carboxylic acids is 1. The molecule has 0 saturated heterocycles. The third kappa shape index (κ3) is 8.60. The second-order valence-corrected chi connectivity index (χ2v) is 10.0. The maximum Gasteiger partial charge on any atom is 0.573 e. The number of benzene rings is 3. The summed E-state index contributed by atoms with van der Waals surface area (Å²) in [7, 11) is -0.608. The number of halogens is 6. The van der Waals surface area contributed by atoms with E-state index in [4.69, 9.17) is 9.90 Å². The molecule has 0 fully saturated rings. The number of hydrogen-bond acceptors (Lipinski definition) is 8. The second kappa shape index (κ2) is 12.4. The lowest BCUT2D eigenvalue weighted by Gasteiger charge is -2.16. The number of aromatic nitrogens is 2. The number of rotatable bonds is 7. The highest BCUT2D eigenvalue weighted by atomic mass is 32.2. The van der Waals surface area contributed by atoms with Crippen LogP contribution in [0.1, 0.15) is 0 Å². The molecule has 1 heterocycles. The Morgan fingerprint density at radius 3 is 1.98 bits per heavy atom. The molecule has 0 radical (unpaired) electrons. The minimum absolute atomic E-state index is 0.144. The van der Waals surface area contributed by atoms with Gasteiger partial charge in [-0.05, 0) is 48.5 Å². The Labute approximate surface area is 234 Å². The Balaban J connectivity index is 0.000000616. The van der Waals surface area contributed by atoms with E-state index in [1.165, 1.54) is 24.3 Å². The van der Waals surface area contributed by atoms with Crippen LogP contribution < -0.4 is 19.7 Å². The summed E-state index contributed by atoms with van der Waals surface area (Å²) in [4.78, 5) is 19.2. The van der Waals surface area contributed by atoms with Crippen LogP contribution in [0.5, 0.6) is 5.75 Å². The molecule has 0 aliphatic carbocycles. The molecule has 17 heteroatoms. The fraction of sp³-hybridized carbons (Fsp3) is 0.160. The smallest absolute Gasteiger partial charge is 0.475 e.